The predicted molar refractivity (Wildman–Crippen MR) is 48.3 cm³/mol. The molecule has 11 heavy (non-hydrogen) atoms. The second-order valence-electron chi connectivity index (χ2n) is 1.95. The van der Waals surface area contributed by atoms with E-state index in [0.29, 0.717) is 5.56 Å². The summed E-state index contributed by atoms with van der Waals surface area (Å²) in [6.07, 6.45) is 0. The van der Waals surface area contributed by atoms with E-state index in [1.165, 1.54) is 0 Å². The lowest BCUT2D eigenvalue weighted by Crippen LogP contribution is -2.17. The van der Waals surface area contributed by atoms with Gasteiger partial charge in [0.15, 0.2) is 0 Å². The van der Waals surface area contributed by atoms with E-state index in [1.54, 1.807) is 18.2 Å². The van der Waals surface area contributed by atoms with E-state index in [4.69, 9.17) is 27.4 Å². The van der Waals surface area contributed by atoms with Crippen molar-refractivity contribution in [2.75, 3.05) is 0 Å². The van der Waals surface area contributed by atoms with Crippen LogP contribution >= 0.6 is 22.2 Å². The third-order valence-corrected chi connectivity index (χ3v) is 3.27. The highest BCUT2D eigenvalue weighted by Crippen LogP contribution is 2.00. The van der Waals surface area contributed by atoms with Crippen molar-refractivity contribution < 1.29 is 0 Å². The van der Waals surface area contributed by atoms with Crippen LogP contribution in [-0.2, 0) is 0 Å². The Morgan fingerprint density at radius 1 is 1.36 bits per heavy atom. The van der Waals surface area contributed by atoms with Crippen LogP contribution in [0.1, 0.15) is 5.56 Å². The topological polar surface area (TPSA) is 23.8 Å². The van der Waals surface area contributed by atoms with Gasteiger partial charge in [-0.05, 0) is 17.3 Å². The standard InChI is InChI=1S/C7H4Cl2NSi/c8-11(9)7-3-1-2-6(4-7)5-10/h1-4H. The molecule has 0 N–H and O–H groups in total. The molecule has 0 aliphatic heterocycles. The smallest absolute Gasteiger partial charge is 0.192 e. The Kier molecular flexibility index (Phi) is 2.95. The first kappa shape index (κ1) is 8.60. The Balaban J connectivity index is 3.03. The van der Waals surface area contributed by atoms with Gasteiger partial charge in [-0.25, -0.2) is 0 Å². The Labute approximate surface area is 76.2 Å². The molecule has 4 heteroatoms. The summed E-state index contributed by atoms with van der Waals surface area (Å²) in [5.41, 5.74) is 0.603. The molecular weight excluding hydrogens is 197 g/mol. The van der Waals surface area contributed by atoms with E-state index in [0.717, 1.165) is 5.19 Å². The summed E-state index contributed by atoms with van der Waals surface area (Å²) in [4.78, 5) is 0. The summed E-state index contributed by atoms with van der Waals surface area (Å²) in [5, 5.41) is 9.38. The van der Waals surface area contributed by atoms with E-state index in [1.807, 2.05) is 12.1 Å². The maximum atomic E-state index is 8.52. The zero-order valence-electron chi connectivity index (χ0n) is 5.51. The summed E-state index contributed by atoms with van der Waals surface area (Å²) in [5.74, 6) is 0. The SMILES string of the molecule is N#Cc1cccc([Si](Cl)Cl)c1. The lowest BCUT2D eigenvalue weighted by Gasteiger charge is -1.96. The fraction of sp³-hybridized carbons (Fsp3) is 0. The largest absolute Gasteiger partial charge is 0.307 e. The molecule has 1 nitrogen and oxygen atoms in total. The number of rotatable bonds is 1. The van der Waals surface area contributed by atoms with Crippen molar-refractivity contribution in [3.05, 3.63) is 29.8 Å². The predicted octanol–water partition coefficient (Wildman–Crippen LogP) is 1.73. The van der Waals surface area contributed by atoms with Crippen LogP contribution in [0.2, 0.25) is 0 Å². The number of nitriles is 1. The van der Waals surface area contributed by atoms with Crippen molar-refractivity contribution in [1.82, 2.24) is 0 Å². The van der Waals surface area contributed by atoms with E-state index >= 15 is 0 Å². The van der Waals surface area contributed by atoms with Crippen LogP contribution in [0, 0.1) is 11.3 Å². The fourth-order valence-electron chi connectivity index (χ4n) is 0.706. The quantitative estimate of drug-likeness (QED) is 0.501. The van der Waals surface area contributed by atoms with Crippen molar-refractivity contribution in [3.8, 4) is 6.07 Å². The van der Waals surface area contributed by atoms with Crippen molar-refractivity contribution in [2.24, 2.45) is 0 Å². The summed E-state index contributed by atoms with van der Waals surface area (Å²) in [7, 11) is -1.45. The van der Waals surface area contributed by atoms with Crippen molar-refractivity contribution in [3.63, 3.8) is 0 Å². The molecular formula is C7H4Cl2NSi. The minimum atomic E-state index is -1.45. The zero-order chi connectivity index (χ0) is 8.27. The zero-order valence-corrected chi connectivity index (χ0v) is 8.02. The highest BCUT2D eigenvalue weighted by Gasteiger charge is 2.06. The highest BCUT2D eigenvalue weighted by atomic mass is 35.7. The Morgan fingerprint density at radius 3 is 2.64 bits per heavy atom. The van der Waals surface area contributed by atoms with Crippen molar-refractivity contribution >= 4 is 34.8 Å². The van der Waals surface area contributed by atoms with Gasteiger partial charge in [-0.3, -0.25) is 0 Å². The minimum Gasteiger partial charge on any atom is -0.192 e. The van der Waals surface area contributed by atoms with Gasteiger partial charge >= 0.3 is 7.42 Å². The van der Waals surface area contributed by atoms with Gasteiger partial charge in [0, 0.05) is 0 Å². The minimum absolute atomic E-state index is 0.603. The maximum absolute atomic E-state index is 8.52. The molecule has 1 radical (unpaired) electrons. The van der Waals surface area contributed by atoms with Gasteiger partial charge in [0.25, 0.3) is 0 Å². The van der Waals surface area contributed by atoms with E-state index in [9.17, 15) is 0 Å². The van der Waals surface area contributed by atoms with E-state index in [-0.39, 0.29) is 0 Å². The number of hydrogen-bond acceptors (Lipinski definition) is 1. The summed E-state index contributed by atoms with van der Waals surface area (Å²) < 4.78 is 0. The molecule has 0 saturated heterocycles. The second kappa shape index (κ2) is 3.77. The average molecular weight is 201 g/mol. The molecule has 0 atom stereocenters. The number of benzene rings is 1. The molecule has 0 heterocycles. The van der Waals surface area contributed by atoms with Crippen LogP contribution in [-0.4, -0.2) is 7.42 Å². The van der Waals surface area contributed by atoms with Crippen molar-refractivity contribution in [2.45, 2.75) is 0 Å². The first-order chi connectivity index (χ1) is 5.24. The molecule has 0 fully saturated rings. The number of hydrogen-bond donors (Lipinski definition) is 0. The molecule has 55 valence electrons. The lowest BCUT2D eigenvalue weighted by atomic mass is 10.2. The van der Waals surface area contributed by atoms with Gasteiger partial charge in [0.05, 0.1) is 11.6 Å². The van der Waals surface area contributed by atoms with Crippen LogP contribution in [0.15, 0.2) is 24.3 Å². The molecule has 0 aromatic heterocycles. The Morgan fingerprint density at radius 2 is 2.09 bits per heavy atom. The molecule has 1 rings (SSSR count). The maximum Gasteiger partial charge on any atom is 0.307 e. The molecule has 0 aliphatic rings. The van der Waals surface area contributed by atoms with Gasteiger partial charge in [0.2, 0.25) is 0 Å². The molecule has 0 aliphatic carbocycles. The Bertz CT molecular complexity index is 293. The number of halogens is 2. The second-order valence-corrected chi connectivity index (χ2v) is 5.90. The van der Waals surface area contributed by atoms with Gasteiger partial charge in [-0.15, -0.1) is 22.2 Å². The third-order valence-electron chi connectivity index (χ3n) is 1.21. The summed E-state index contributed by atoms with van der Waals surface area (Å²) in [6, 6.07) is 9.07. The lowest BCUT2D eigenvalue weighted by molar-refractivity contribution is 1.49. The van der Waals surface area contributed by atoms with Gasteiger partial charge in [-0.1, -0.05) is 12.1 Å². The third kappa shape index (κ3) is 2.23. The van der Waals surface area contributed by atoms with Crippen molar-refractivity contribution in [1.29, 1.82) is 5.26 Å². The summed E-state index contributed by atoms with van der Waals surface area (Å²) >= 11 is 11.4. The molecule has 1 aromatic carbocycles. The Hall–Kier alpha value is -0.493. The first-order valence-electron chi connectivity index (χ1n) is 2.92. The molecule has 0 spiro atoms. The monoisotopic (exact) mass is 200 g/mol. The van der Waals surface area contributed by atoms with E-state index in [2.05, 4.69) is 0 Å². The molecule has 0 saturated carbocycles. The number of nitrogens with zero attached hydrogens (tertiary/aromatic N) is 1. The van der Waals surface area contributed by atoms with Crippen LogP contribution < -0.4 is 5.19 Å². The van der Waals surface area contributed by atoms with E-state index < -0.39 is 7.42 Å². The fourth-order valence-corrected chi connectivity index (χ4v) is 1.90. The summed E-state index contributed by atoms with van der Waals surface area (Å²) in [6.45, 7) is 0. The molecule has 0 amide bonds. The van der Waals surface area contributed by atoms with Crippen LogP contribution in [0.3, 0.4) is 0 Å². The van der Waals surface area contributed by atoms with Gasteiger partial charge in [0.1, 0.15) is 0 Å². The first-order valence-corrected chi connectivity index (χ1v) is 6.45. The van der Waals surface area contributed by atoms with Crippen LogP contribution in [0.4, 0.5) is 0 Å². The van der Waals surface area contributed by atoms with Crippen LogP contribution in [0.5, 0.6) is 0 Å². The van der Waals surface area contributed by atoms with Gasteiger partial charge in [-0.2, -0.15) is 5.26 Å². The van der Waals surface area contributed by atoms with Crippen LogP contribution in [0.25, 0.3) is 0 Å². The van der Waals surface area contributed by atoms with Gasteiger partial charge < -0.3 is 0 Å². The normalized spacial score (nSPS) is 9.64. The highest BCUT2D eigenvalue weighted by molar-refractivity contribution is 7.39. The molecule has 0 unspecified atom stereocenters. The average Bonchev–Trinajstić information content (AvgIpc) is 2.05. The molecule has 0 bridgehead atoms. The molecule has 1 aromatic rings.